The zero-order valence-electron chi connectivity index (χ0n) is 6.49. The molecular formula is C8H5ClN3S+. The number of nitrogens with one attached hydrogen (secondary N) is 1. The second-order valence-electron chi connectivity index (χ2n) is 2.75. The van der Waals surface area contributed by atoms with Gasteiger partial charge in [0.05, 0.1) is 4.70 Å². The van der Waals surface area contributed by atoms with Crippen LogP contribution in [0.3, 0.4) is 0 Å². The zero-order chi connectivity index (χ0) is 8.84. The molecule has 3 rings (SSSR count). The predicted octanol–water partition coefficient (Wildman–Crippen LogP) is 2.02. The second kappa shape index (κ2) is 2.43. The first kappa shape index (κ1) is 7.29. The molecule has 5 heteroatoms. The Labute approximate surface area is 82.6 Å². The molecule has 0 amide bonds. The van der Waals surface area contributed by atoms with E-state index in [0.29, 0.717) is 0 Å². The molecule has 0 aliphatic carbocycles. The van der Waals surface area contributed by atoms with E-state index in [1.807, 2.05) is 22.6 Å². The number of hydrogen-bond donors (Lipinski definition) is 1. The van der Waals surface area contributed by atoms with Crippen molar-refractivity contribution in [3.05, 3.63) is 29.5 Å². The third-order valence-corrected chi connectivity index (χ3v) is 3.20. The van der Waals surface area contributed by atoms with E-state index >= 15 is 0 Å². The van der Waals surface area contributed by atoms with Gasteiger partial charge in [0.25, 0.3) is 6.33 Å². The van der Waals surface area contributed by atoms with Gasteiger partial charge in [0.2, 0.25) is 0 Å². The molecule has 3 nitrogen and oxygen atoms in total. The number of halogens is 1. The number of H-pyrrole nitrogens is 1. The molecule has 0 aliphatic rings. The molecule has 0 bridgehead atoms. The van der Waals surface area contributed by atoms with Crippen molar-refractivity contribution in [3.63, 3.8) is 0 Å². The molecule has 0 saturated heterocycles. The summed E-state index contributed by atoms with van der Waals surface area (Å²) in [5.41, 5.74) is 1.14. The molecule has 1 N–H and O–H groups in total. The van der Waals surface area contributed by atoms with Gasteiger partial charge in [-0.2, -0.15) is 4.40 Å². The van der Waals surface area contributed by atoms with E-state index in [4.69, 9.17) is 11.6 Å². The molecule has 0 unspecified atom stereocenters. The lowest BCUT2D eigenvalue weighted by Gasteiger charge is -1.87. The maximum Gasteiger partial charge on any atom is 0.321 e. The Kier molecular flexibility index (Phi) is 1.36. The fraction of sp³-hybridized carbons (Fsp3) is 0. The van der Waals surface area contributed by atoms with Gasteiger partial charge < -0.3 is 0 Å². The van der Waals surface area contributed by atoms with Crippen LogP contribution in [0.25, 0.3) is 15.2 Å². The number of hydrogen-bond acceptors (Lipinski definition) is 2. The van der Waals surface area contributed by atoms with Crippen molar-refractivity contribution < 1.29 is 4.40 Å². The minimum absolute atomic E-state index is 0.768. The predicted molar refractivity (Wildman–Crippen MR) is 52.1 cm³/mol. The van der Waals surface area contributed by atoms with Crippen LogP contribution in [0.1, 0.15) is 0 Å². The third-order valence-electron chi connectivity index (χ3n) is 1.94. The summed E-state index contributed by atoms with van der Waals surface area (Å²) >= 11 is 7.53. The molecule has 0 aliphatic heterocycles. The first-order valence-corrected chi connectivity index (χ1v) is 4.97. The highest BCUT2D eigenvalue weighted by Gasteiger charge is 2.10. The number of fused-ring (bicyclic) bond motifs is 3. The Bertz CT molecular complexity index is 583. The van der Waals surface area contributed by atoms with Crippen molar-refractivity contribution in [2.45, 2.75) is 0 Å². The van der Waals surface area contributed by atoms with E-state index in [1.54, 1.807) is 17.7 Å². The lowest BCUT2D eigenvalue weighted by molar-refractivity contribution is -0.477. The van der Waals surface area contributed by atoms with Crippen LogP contribution in [0.2, 0.25) is 5.02 Å². The van der Waals surface area contributed by atoms with Gasteiger partial charge in [-0.3, -0.25) is 0 Å². The Hall–Kier alpha value is -1.13. The number of nitrogens with zero attached hydrogens (tertiary/aromatic N) is 2. The average molecular weight is 211 g/mol. The fourth-order valence-corrected chi connectivity index (χ4v) is 2.61. The standard InChI is InChI=1S/C8H4ClN3S/c9-5-1-2-6-7(3-5)13-8-11-10-4-12(6)8/h1-4H/p+1. The largest absolute Gasteiger partial charge is 0.321 e. The molecule has 64 valence electrons. The van der Waals surface area contributed by atoms with E-state index in [-0.39, 0.29) is 0 Å². The topological polar surface area (TPSA) is 32.8 Å². The molecule has 0 spiro atoms. The number of benzene rings is 1. The van der Waals surface area contributed by atoms with Crippen molar-refractivity contribution in [1.29, 1.82) is 0 Å². The third kappa shape index (κ3) is 0.959. The summed E-state index contributed by atoms with van der Waals surface area (Å²) in [6, 6.07) is 5.84. The summed E-state index contributed by atoms with van der Waals surface area (Å²) in [5.74, 6) is 0. The van der Waals surface area contributed by atoms with Crippen molar-refractivity contribution in [3.8, 4) is 0 Å². The zero-order valence-corrected chi connectivity index (χ0v) is 8.06. The normalized spacial score (nSPS) is 11.5. The number of rotatable bonds is 0. The van der Waals surface area contributed by atoms with E-state index in [1.165, 1.54) is 4.70 Å². The molecular weight excluding hydrogens is 206 g/mol. The maximum atomic E-state index is 5.88. The minimum Gasteiger partial charge on any atom is -0.186 e. The van der Waals surface area contributed by atoms with Gasteiger partial charge in [0, 0.05) is 10.1 Å². The molecule has 0 radical (unpaired) electrons. The number of thiazole rings is 1. The molecule has 0 fully saturated rings. The van der Waals surface area contributed by atoms with Gasteiger partial charge in [0.1, 0.15) is 5.52 Å². The summed E-state index contributed by atoms with van der Waals surface area (Å²) in [7, 11) is 0. The van der Waals surface area contributed by atoms with Crippen LogP contribution in [0.5, 0.6) is 0 Å². The van der Waals surface area contributed by atoms with E-state index in [2.05, 4.69) is 10.2 Å². The summed E-state index contributed by atoms with van der Waals surface area (Å²) in [6.45, 7) is 0. The van der Waals surface area contributed by atoms with Gasteiger partial charge in [-0.05, 0) is 18.2 Å². The van der Waals surface area contributed by atoms with Gasteiger partial charge in [0.15, 0.2) is 0 Å². The van der Waals surface area contributed by atoms with Crippen LogP contribution < -0.4 is 4.40 Å². The Morgan fingerprint density at radius 1 is 1.46 bits per heavy atom. The molecule has 0 atom stereocenters. The van der Waals surface area contributed by atoms with Crippen molar-refractivity contribution in [2.24, 2.45) is 0 Å². The first-order chi connectivity index (χ1) is 6.34. The minimum atomic E-state index is 0.768. The van der Waals surface area contributed by atoms with Crippen molar-refractivity contribution in [2.75, 3.05) is 0 Å². The van der Waals surface area contributed by atoms with Crippen molar-refractivity contribution in [1.82, 2.24) is 10.2 Å². The van der Waals surface area contributed by atoms with E-state index < -0.39 is 0 Å². The first-order valence-electron chi connectivity index (χ1n) is 3.77. The molecule has 1 aromatic carbocycles. The van der Waals surface area contributed by atoms with E-state index in [0.717, 1.165) is 15.5 Å². The highest BCUT2D eigenvalue weighted by molar-refractivity contribution is 7.22. The Morgan fingerprint density at radius 3 is 3.31 bits per heavy atom. The number of aromatic amines is 1. The highest BCUT2D eigenvalue weighted by Crippen LogP contribution is 2.22. The molecule has 2 aromatic heterocycles. The smallest absolute Gasteiger partial charge is 0.186 e. The van der Waals surface area contributed by atoms with Crippen LogP contribution in [0.4, 0.5) is 0 Å². The summed E-state index contributed by atoms with van der Waals surface area (Å²) in [5, 5.41) is 7.63. The summed E-state index contributed by atoms with van der Waals surface area (Å²) < 4.78 is 3.18. The summed E-state index contributed by atoms with van der Waals surface area (Å²) in [4.78, 5) is 1.03. The van der Waals surface area contributed by atoms with Crippen LogP contribution in [0, 0.1) is 0 Å². The average Bonchev–Trinajstić information content (AvgIpc) is 2.62. The van der Waals surface area contributed by atoms with Gasteiger partial charge in [-0.1, -0.05) is 22.9 Å². The lowest BCUT2D eigenvalue weighted by Crippen LogP contribution is -2.14. The quantitative estimate of drug-likeness (QED) is 0.566. The highest BCUT2D eigenvalue weighted by atomic mass is 35.5. The maximum absolute atomic E-state index is 5.88. The van der Waals surface area contributed by atoms with Gasteiger partial charge >= 0.3 is 4.96 Å². The fourth-order valence-electron chi connectivity index (χ4n) is 1.36. The van der Waals surface area contributed by atoms with Crippen LogP contribution in [0.15, 0.2) is 24.5 Å². The molecule has 3 aromatic rings. The van der Waals surface area contributed by atoms with Crippen molar-refractivity contribution >= 4 is 38.1 Å². The van der Waals surface area contributed by atoms with E-state index in [9.17, 15) is 0 Å². The SMILES string of the molecule is Clc1ccc2c(c1)sc1[nH]nc[n+]12. The molecule has 13 heavy (non-hydrogen) atoms. The van der Waals surface area contributed by atoms with Crippen LogP contribution in [-0.4, -0.2) is 10.2 Å². The van der Waals surface area contributed by atoms with Gasteiger partial charge in [-0.25, -0.2) is 0 Å². The monoisotopic (exact) mass is 210 g/mol. The molecule has 0 saturated carbocycles. The molecule has 2 heterocycles. The number of aromatic nitrogens is 3. The second-order valence-corrected chi connectivity index (χ2v) is 4.21. The summed E-state index contributed by atoms with van der Waals surface area (Å²) in [6.07, 6.45) is 1.77. The van der Waals surface area contributed by atoms with Crippen LogP contribution in [-0.2, 0) is 0 Å². The lowest BCUT2D eigenvalue weighted by atomic mass is 10.3. The Balaban J connectivity index is 2.59. The van der Waals surface area contributed by atoms with Gasteiger partial charge in [-0.15, -0.1) is 5.10 Å². The van der Waals surface area contributed by atoms with Crippen LogP contribution >= 0.6 is 22.9 Å². The Morgan fingerprint density at radius 2 is 2.38 bits per heavy atom.